The Bertz CT molecular complexity index is 729. The molecule has 0 saturated carbocycles. The number of amides is 1. The number of hydrogen-bond donors (Lipinski definition) is 2. The molecule has 2 fully saturated rings. The van der Waals surface area contributed by atoms with Crippen LogP contribution in [-0.4, -0.2) is 80.5 Å². The predicted octanol–water partition coefficient (Wildman–Crippen LogP) is 1.35. The molecule has 0 aliphatic carbocycles. The van der Waals surface area contributed by atoms with E-state index in [2.05, 4.69) is 15.6 Å². The summed E-state index contributed by atoms with van der Waals surface area (Å²) in [6.07, 6.45) is 0.0568. The third kappa shape index (κ3) is 6.47. The Morgan fingerprint density at radius 1 is 1.28 bits per heavy atom. The van der Waals surface area contributed by atoms with Gasteiger partial charge in [0.2, 0.25) is 0 Å². The van der Waals surface area contributed by atoms with Crippen LogP contribution in [-0.2, 0) is 19.3 Å². The molecule has 0 aromatic carbocycles. The van der Waals surface area contributed by atoms with Gasteiger partial charge in [0.05, 0.1) is 23.7 Å². The average molecular weight is 433 g/mol. The first-order valence-electron chi connectivity index (χ1n) is 10.1. The van der Waals surface area contributed by atoms with Crippen molar-refractivity contribution >= 4 is 21.9 Å². The molecule has 0 radical (unpaired) electrons. The fourth-order valence-electron chi connectivity index (χ4n) is 3.82. The standard InChI is InChI=1S/C19H36N4O5S/c1-13-15(23(19(5,6)27-13)17(24)28-18(2,3)4)11-22-16(20-7)21-10-14-8-9-29(25,26)12-14/h13-15H,8-12H2,1-7H3,(H2,20,21,22). The molecule has 0 spiro atoms. The number of ether oxygens (including phenoxy) is 2. The van der Waals surface area contributed by atoms with Gasteiger partial charge in [0, 0.05) is 20.1 Å². The fraction of sp³-hybridized carbons (Fsp3) is 0.895. The summed E-state index contributed by atoms with van der Waals surface area (Å²) in [5, 5.41) is 6.42. The molecule has 29 heavy (non-hydrogen) atoms. The molecule has 2 heterocycles. The van der Waals surface area contributed by atoms with Crippen LogP contribution in [0.4, 0.5) is 4.79 Å². The summed E-state index contributed by atoms with van der Waals surface area (Å²) in [5.41, 5.74) is -1.39. The normalized spacial score (nSPS) is 29.0. The third-order valence-electron chi connectivity index (χ3n) is 5.11. The van der Waals surface area contributed by atoms with Crippen molar-refractivity contribution < 1.29 is 22.7 Å². The van der Waals surface area contributed by atoms with Crippen molar-refractivity contribution in [1.82, 2.24) is 15.5 Å². The van der Waals surface area contributed by atoms with Crippen molar-refractivity contribution in [1.29, 1.82) is 0 Å². The molecule has 168 valence electrons. The molecule has 2 aliphatic heterocycles. The van der Waals surface area contributed by atoms with Crippen molar-refractivity contribution in [3.63, 3.8) is 0 Å². The highest BCUT2D eigenvalue weighted by Crippen LogP contribution is 2.33. The molecule has 3 unspecified atom stereocenters. The van der Waals surface area contributed by atoms with Gasteiger partial charge in [-0.2, -0.15) is 0 Å². The lowest BCUT2D eigenvalue weighted by Crippen LogP contribution is -2.54. The first kappa shape index (κ1) is 23.7. The van der Waals surface area contributed by atoms with Gasteiger partial charge < -0.3 is 20.1 Å². The largest absolute Gasteiger partial charge is 0.444 e. The lowest BCUT2D eigenvalue weighted by Gasteiger charge is -2.35. The maximum absolute atomic E-state index is 12.8. The summed E-state index contributed by atoms with van der Waals surface area (Å²) in [6.45, 7) is 12.1. The van der Waals surface area contributed by atoms with E-state index >= 15 is 0 Å². The van der Waals surface area contributed by atoms with E-state index in [1.54, 1.807) is 11.9 Å². The van der Waals surface area contributed by atoms with Crippen LogP contribution in [0.2, 0.25) is 0 Å². The Labute approximate surface area is 174 Å². The van der Waals surface area contributed by atoms with E-state index in [1.807, 2.05) is 41.5 Å². The van der Waals surface area contributed by atoms with Gasteiger partial charge in [-0.3, -0.25) is 9.89 Å². The van der Waals surface area contributed by atoms with E-state index < -0.39 is 27.3 Å². The maximum Gasteiger partial charge on any atom is 0.412 e. The van der Waals surface area contributed by atoms with E-state index in [9.17, 15) is 13.2 Å². The zero-order valence-electron chi connectivity index (χ0n) is 18.6. The second-order valence-corrected chi connectivity index (χ2v) is 11.5. The summed E-state index contributed by atoms with van der Waals surface area (Å²) in [7, 11) is -1.24. The van der Waals surface area contributed by atoms with Gasteiger partial charge in [0.1, 0.15) is 11.3 Å². The number of aliphatic imine (C=N–C) groups is 1. The Kier molecular flexibility index (Phi) is 7.09. The minimum Gasteiger partial charge on any atom is -0.444 e. The smallest absolute Gasteiger partial charge is 0.412 e. The van der Waals surface area contributed by atoms with Crippen molar-refractivity contribution in [2.75, 3.05) is 31.6 Å². The van der Waals surface area contributed by atoms with Crippen LogP contribution in [0.1, 0.15) is 48.0 Å². The van der Waals surface area contributed by atoms with Gasteiger partial charge in [-0.1, -0.05) is 0 Å². The number of nitrogens with one attached hydrogen (secondary N) is 2. The number of carbonyl (C=O) groups is 1. The highest BCUT2D eigenvalue weighted by atomic mass is 32.2. The Morgan fingerprint density at radius 3 is 2.41 bits per heavy atom. The topological polar surface area (TPSA) is 109 Å². The van der Waals surface area contributed by atoms with Crippen LogP contribution in [0.3, 0.4) is 0 Å². The van der Waals surface area contributed by atoms with Gasteiger partial charge >= 0.3 is 6.09 Å². The Morgan fingerprint density at radius 2 is 1.90 bits per heavy atom. The van der Waals surface area contributed by atoms with Crippen LogP contribution >= 0.6 is 0 Å². The number of hydrogen-bond acceptors (Lipinski definition) is 6. The molecule has 0 aromatic rings. The zero-order chi connectivity index (χ0) is 22.0. The lowest BCUT2D eigenvalue weighted by molar-refractivity contribution is -0.0755. The molecular formula is C19H36N4O5S. The molecule has 2 aliphatic rings. The molecule has 0 bridgehead atoms. The maximum atomic E-state index is 12.8. The number of nitrogens with zero attached hydrogens (tertiary/aromatic N) is 2. The summed E-state index contributed by atoms with van der Waals surface area (Å²) in [5.74, 6) is 1.12. The first-order valence-corrected chi connectivity index (χ1v) is 11.9. The highest BCUT2D eigenvalue weighted by molar-refractivity contribution is 7.91. The SMILES string of the molecule is CN=C(NCC1CCS(=O)(=O)C1)NCC1C(C)OC(C)(C)N1C(=O)OC(C)(C)C. The number of rotatable bonds is 4. The van der Waals surface area contributed by atoms with E-state index in [4.69, 9.17) is 9.47 Å². The molecule has 10 heteroatoms. The van der Waals surface area contributed by atoms with Gasteiger partial charge in [-0.25, -0.2) is 13.2 Å². The Hall–Kier alpha value is -1.55. The van der Waals surface area contributed by atoms with Crippen LogP contribution in [0, 0.1) is 5.92 Å². The van der Waals surface area contributed by atoms with Crippen molar-refractivity contribution in [2.24, 2.45) is 10.9 Å². The molecule has 2 N–H and O–H groups in total. The van der Waals surface area contributed by atoms with Crippen LogP contribution in [0.15, 0.2) is 4.99 Å². The molecule has 9 nitrogen and oxygen atoms in total. The van der Waals surface area contributed by atoms with Gasteiger partial charge in [-0.05, 0) is 53.9 Å². The zero-order valence-corrected chi connectivity index (χ0v) is 19.4. The van der Waals surface area contributed by atoms with Crippen LogP contribution in [0.5, 0.6) is 0 Å². The van der Waals surface area contributed by atoms with Gasteiger partial charge in [0.15, 0.2) is 15.8 Å². The fourth-order valence-corrected chi connectivity index (χ4v) is 5.68. The quantitative estimate of drug-likeness (QED) is 0.510. The second kappa shape index (κ2) is 8.67. The highest BCUT2D eigenvalue weighted by Gasteiger charge is 2.49. The van der Waals surface area contributed by atoms with Crippen molar-refractivity contribution in [3.8, 4) is 0 Å². The summed E-state index contributed by atoms with van der Waals surface area (Å²) >= 11 is 0. The van der Waals surface area contributed by atoms with Crippen LogP contribution < -0.4 is 10.6 Å². The van der Waals surface area contributed by atoms with E-state index in [0.29, 0.717) is 25.5 Å². The number of sulfone groups is 1. The minimum absolute atomic E-state index is 0.0875. The lowest BCUT2D eigenvalue weighted by atomic mass is 10.1. The Balaban J connectivity index is 1.97. The molecular weight excluding hydrogens is 396 g/mol. The van der Waals surface area contributed by atoms with E-state index in [0.717, 1.165) is 0 Å². The summed E-state index contributed by atoms with van der Waals surface area (Å²) in [4.78, 5) is 18.6. The molecule has 0 aromatic heterocycles. The molecule has 2 saturated heterocycles. The monoisotopic (exact) mass is 432 g/mol. The molecule has 2 rings (SSSR count). The number of guanidine groups is 1. The molecule has 3 atom stereocenters. The van der Waals surface area contributed by atoms with Gasteiger partial charge in [-0.15, -0.1) is 0 Å². The summed E-state index contributed by atoms with van der Waals surface area (Å²) in [6, 6.07) is -0.245. The third-order valence-corrected chi connectivity index (χ3v) is 6.94. The van der Waals surface area contributed by atoms with E-state index in [-0.39, 0.29) is 29.6 Å². The van der Waals surface area contributed by atoms with Crippen LogP contribution in [0.25, 0.3) is 0 Å². The van der Waals surface area contributed by atoms with Crippen molar-refractivity contribution in [3.05, 3.63) is 0 Å². The second-order valence-electron chi connectivity index (χ2n) is 9.29. The van der Waals surface area contributed by atoms with Crippen molar-refractivity contribution in [2.45, 2.75) is 71.4 Å². The summed E-state index contributed by atoms with van der Waals surface area (Å²) < 4.78 is 34.8. The van der Waals surface area contributed by atoms with Gasteiger partial charge in [0.25, 0.3) is 0 Å². The molecule has 1 amide bonds. The first-order chi connectivity index (χ1) is 13.2. The minimum atomic E-state index is -2.90. The average Bonchev–Trinajstić information content (AvgIpc) is 3.00. The number of carbonyl (C=O) groups excluding carboxylic acids is 1. The predicted molar refractivity (Wildman–Crippen MR) is 113 cm³/mol. The van der Waals surface area contributed by atoms with E-state index in [1.165, 1.54) is 0 Å².